The maximum atomic E-state index is 12.6. The predicted molar refractivity (Wildman–Crippen MR) is 113 cm³/mol. The van der Waals surface area contributed by atoms with Gasteiger partial charge in [-0.2, -0.15) is 0 Å². The summed E-state index contributed by atoms with van der Waals surface area (Å²) in [5, 5.41) is 17.0. The molecule has 0 fully saturated rings. The fraction of sp³-hybridized carbons (Fsp3) is 0.100. The topological polar surface area (TPSA) is 113 Å². The van der Waals surface area contributed by atoms with Crippen molar-refractivity contribution in [3.8, 4) is 5.75 Å². The van der Waals surface area contributed by atoms with Crippen LogP contribution in [0.1, 0.15) is 27.0 Å². The number of hydrogen-bond acceptors (Lipinski definition) is 6. The van der Waals surface area contributed by atoms with Crippen molar-refractivity contribution < 1.29 is 23.1 Å². The van der Waals surface area contributed by atoms with Crippen LogP contribution in [-0.2, 0) is 9.84 Å². The lowest BCUT2D eigenvalue weighted by Gasteiger charge is -2.11. The Hall–Kier alpha value is -3.17. The smallest absolute Gasteiger partial charge is 0.265 e. The zero-order valence-electron chi connectivity index (χ0n) is 15.4. The standard InChI is InChI=1S/C20H18N2O5S2/c1-2-29(26,27)15-8-9-17(23)16(12-15)22-19(24)13-5-3-6-14(11-13)21-20(25)18-7-4-10-28-18/h3-12,23H,2H2,1H3,(H,21,25)(H,22,24). The molecule has 0 atom stereocenters. The van der Waals surface area contributed by atoms with Gasteiger partial charge in [-0.1, -0.05) is 19.1 Å². The van der Waals surface area contributed by atoms with Crippen molar-refractivity contribution in [3.05, 3.63) is 70.4 Å². The van der Waals surface area contributed by atoms with Gasteiger partial charge in [-0.15, -0.1) is 11.3 Å². The molecule has 2 amide bonds. The largest absolute Gasteiger partial charge is 0.506 e. The predicted octanol–water partition coefficient (Wildman–Crippen LogP) is 3.75. The van der Waals surface area contributed by atoms with Gasteiger partial charge in [0, 0.05) is 11.3 Å². The number of carbonyl (C=O) groups excluding carboxylic acids is 2. The zero-order valence-corrected chi connectivity index (χ0v) is 17.0. The number of sulfone groups is 1. The average molecular weight is 431 g/mol. The van der Waals surface area contributed by atoms with Crippen LogP contribution >= 0.6 is 11.3 Å². The second-order valence-electron chi connectivity index (χ2n) is 6.05. The number of amides is 2. The molecule has 0 aliphatic rings. The van der Waals surface area contributed by atoms with E-state index in [-0.39, 0.29) is 33.6 Å². The summed E-state index contributed by atoms with van der Waals surface area (Å²) < 4.78 is 24.1. The molecule has 2 aromatic carbocycles. The molecular weight excluding hydrogens is 412 g/mol. The normalized spacial score (nSPS) is 11.1. The molecular formula is C20H18N2O5S2. The van der Waals surface area contributed by atoms with E-state index >= 15 is 0 Å². The highest BCUT2D eigenvalue weighted by Crippen LogP contribution is 2.27. The summed E-state index contributed by atoms with van der Waals surface area (Å²) in [6, 6.07) is 13.5. The van der Waals surface area contributed by atoms with Gasteiger partial charge in [0.25, 0.3) is 11.8 Å². The first-order chi connectivity index (χ1) is 13.8. The highest BCUT2D eigenvalue weighted by atomic mass is 32.2. The summed E-state index contributed by atoms with van der Waals surface area (Å²) >= 11 is 1.30. The summed E-state index contributed by atoms with van der Waals surface area (Å²) in [6.07, 6.45) is 0. The maximum Gasteiger partial charge on any atom is 0.265 e. The van der Waals surface area contributed by atoms with Crippen LogP contribution < -0.4 is 10.6 Å². The lowest BCUT2D eigenvalue weighted by molar-refractivity contribution is 0.101. The summed E-state index contributed by atoms with van der Waals surface area (Å²) in [5.41, 5.74) is 0.650. The number of thiophene rings is 1. The second kappa shape index (κ2) is 8.46. The van der Waals surface area contributed by atoms with Crippen LogP contribution in [0.3, 0.4) is 0 Å². The Morgan fingerprint density at radius 3 is 2.48 bits per heavy atom. The lowest BCUT2D eigenvalue weighted by atomic mass is 10.1. The zero-order chi connectivity index (χ0) is 21.0. The van der Waals surface area contributed by atoms with E-state index < -0.39 is 15.7 Å². The van der Waals surface area contributed by atoms with E-state index in [9.17, 15) is 23.1 Å². The average Bonchev–Trinajstić information content (AvgIpc) is 3.24. The maximum absolute atomic E-state index is 12.6. The molecule has 0 aliphatic heterocycles. The minimum absolute atomic E-state index is 0.00469. The molecule has 3 N–H and O–H groups in total. The number of phenolic OH excluding ortho intramolecular Hbond substituents is 1. The molecule has 7 nitrogen and oxygen atoms in total. The first kappa shape index (κ1) is 20.6. The fourth-order valence-corrected chi connectivity index (χ4v) is 4.03. The Balaban J connectivity index is 1.79. The van der Waals surface area contributed by atoms with Crippen LogP contribution in [0.2, 0.25) is 0 Å². The Morgan fingerprint density at radius 1 is 1.00 bits per heavy atom. The minimum Gasteiger partial charge on any atom is -0.506 e. The van der Waals surface area contributed by atoms with E-state index in [0.717, 1.165) is 0 Å². The van der Waals surface area contributed by atoms with Gasteiger partial charge in [0.2, 0.25) is 0 Å². The number of nitrogens with one attached hydrogen (secondary N) is 2. The van der Waals surface area contributed by atoms with Gasteiger partial charge >= 0.3 is 0 Å². The Morgan fingerprint density at radius 2 is 1.79 bits per heavy atom. The van der Waals surface area contributed by atoms with Gasteiger partial charge in [0.15, 0.2) is 9.84 Å². The molecule has 3 aromatic rings. The van der Waals surface area contributed by atoms with Crippen molar-refractivity contribution >= 4 is 44.4 Å². The van der Waals surface area contributed by atoms with Crippen molar-refractivity contribution in [2.45, 2.75) is 11.8 Å². The van der Waals surface area contributed by atoms with Crippen molar-refractivity contribution in [2.75, 3.05) is 16.4 Å². The highest BCUT2D eigenvalue weighted by molar-refractivity contribution is 7.91. The first-order valence-corrected chi connectivity index (χ1v) is 11.2. The van der Waals surface area contributed by atoms with E-state index in [1.165, 1.54) is 42.5 Å². The molecule has 0 radical (unpaired) electrons. The van der Waals surface area contributed by atoms with Crippen LogP contribution in [0, 0.1) is 0 Å². The van der Waals surface area contributed by atoms with Crippen molar-refractivity contribution in [2.24, 2.45) is 0 Å². The third-order valence-corrected chi connectivity index (χ3v) is 6.68. The summed E-state index contributed by atoms with van der Waals surface area (Å²) in [4.78, 5) is 25.3. The molecule has 0 spiro atoms. The second-order valence-corrected chi connectivity index (χ2v) is 9.27. The quantitative estimate of drug-likeness (QED) is 0.516. The SMILES string of the molecule is CCS(=O)(=O)c1ccc(O)c(NC(=O)c2cccc(NC(=O)c3cccs3)c2)c1. The highest BCUT2D eigenvalue weighted by Gasteiger charge is 2.16. The number of carbonyl (C=O) groups is 2. The Bertz CT molecular complexity index is 1160. The number of benzene rings is 2. The van der Waals surface area contributed by atoms with Gasteiger partial charge in [-0.3, -0.25) is 9.59 Å². The molecule has 150 valence electrons. The first-order valence-electron chi connectivity index (χ1n) is 8.62. The van der Waals surface area contributed by atoms with E-state index in [2.05, 4.69) is 10.6 Å². The van der Waals surface area contributed by atoms with Gasteiger partial charge in [0.1, 0.15) is 5.75 Å². The summed E-state index contributed by atoms with van der Waals surface area (Å²) in [5.74, 6) is -1.20. The summed E-state index contributed by atoms with van der Waals surface area (Å²) in [7, 11) is -3.49. The number of hydrogen-bond donors (Lipinski definition) is 3. The molecule has 1 aromatic heterocycles. The van der Waals surface area contributed by atoms with E-state index in [4.69, 9.17) is 0 Å². The van der Waals surface area contributed by atoms with E-state index in [1.54, 1.807) is 35.7 Å². The molecule has 0 aliphatic carbocycles. The lowest BCUT2D eigenvalue weighted by Crippen LogP contribution is -2.14. The number of anilines is 2. The van der Waals surface area contributed by atoms with Crippen LogP contribution in [0.4, 0.5) is 11.4 Å². The third kappa shape index (κ3) is 4.82. The van der Waals surface area contributed by atoms with Crippen molar-refractivity contribution in [1.82, 2.24) is 0 Å². The summed E-state index contributed by atoms with van der Waals surface area (Å²) in [6.45, 7) is 1.51. The van der Waals surface area contributed by atoms with Gasteiger partial charge in [-0.05, 0) is 47.8 Å². The molecule has 29 heavy (non-hydrogen) atoms. The fourth-order valence-electron chi connectivity index (χ4n) is 2.51. The third-order valence-electron chi connectivity index (χ3n) is 4.08. The van der Waals surface area contributed by atoms with Crippen molar-refractivity contribution in [1.29, 1.82) is 0 Å². The molecule has 1 heterocycles. The molecule has 9 heteroatoms. The van der Waals surface area contributed by atoms with Gasteiger partial charge in [-0.25, -0.2) is 8.42 Å². The van der Waals surface area contributed by atoms with Crippen LogP contribution in [-0.4, -0.2) is 31.1 Å². The molecule has 0 bridgehead atoms. The molecule has 0 unspecified atom stereocenters. The number of phenols is 1. The van der Waals surface area contributed by atoms with Gasteiger partial charge in [0.05, 0.1) is 21.2 Å². The van der Waals surface area contributed by atoms with E-state index in [1.807, 2.05) is 0 Å². The van der Waals surface area contributed by atoms with Crippen LogP contribution in [0.5, 0.6) is 5.75 Å². The molecule has 0 saturated heterocycles. The number of rotatable bonds is 6. The van der Waals surface area contributed by atoms with Gasteiger partial charge < -0.3 is 15.7 Å². The number of aromatic hydroxyl groups is 1. The Labute approximate surface area is 171 Å². The minimum atomic E-state index is -3.49. The Kier molecular flexibility index (Phi) is 6.00. The van der Waals surface area contributed by atoms with Crippen LogP contribution in [0.25, 0.3) is 0 Å². The monoisotopic (exact) mass is 430 g/mol. The van der Waals surface area contributed by atoms with Crippen LogP contribution in [0.15, 0.2) is 64.9 Å². The van der Waals surface area contributed by atoms with E-state index in [0.29, 0.717) is 10.6 Å². The van der Waals surface area contributed by atoms with Crippen molar-refractivity contribution in [3.63, 3.8) is 0 Å². The molecule has 3 rings (SSSR count). The molecule has 0 saturated carbocycles.